The standard InChI is InChI=1S/C13H12O9.Na.H/c14-8-4-2-1-3-7(8)11(18)22-10(17)6-13(21,12(19)20)5-9(15)16;;/h1-4,14,21H,5-6H2,(H,15,16)(H,19,20);;/q;+1;-1. The number of para-hydroxylation sites is 1. The molecule has 0 spiro atoms. The minimum atomic E-state index is -2.90. The average Bonchev–Trinajstić information content (AvgIpc) is 2.37. The Labute approximate surface area is 153 Å². The SMILES string of the molecule is O=C(O)CC(O)(CC(=O)OC(=O)c1ccccc1O)C(=O)O.[H-].[Na+]. The van der Waals surface area contributed by atoms with E-state index in [-0.39, 0.29) is 36.5 Å². The summed E-state index contributed by atoms with van der Waals surface area (Å²) in [5.74, 6) is -6.75. The molecular formula is C13H13NaO9. The normalized spacial score (nSPS) is 12.4. The molecule has 23 heavy (non-hydrogen) atoms. The molecule has 0 saturated carbocycles. The van der Waals surface area contributed by atoms with Gasteiger partial charge in [0.05, 0.1) is 12.8 Å². The number of phenols is 1. The summed E-state index contributed by atoms with van der Waals surface area (Å²) in [6.45, 7) is 0. The van der Waals surface area contributed by atoms with Gasteiger partial charge in [-0.3, -0.25) is 9.59 Å². The molecule has 0 fully saturated rings. The third kappa shape index (κ3) is 5.99. The van der Waals surface area contributed by atoms with Crippen molar-refractivity contribution < 1.29 is 75.3 Å². The number of esters is 2. The van der Waals surface area contributed by atoms with Crippen molar-refractivity contribution >= 4 is 23.9 Å². The van der Waals surface area contributed by atoms with Gasteiger partial charge in [0.25, 0.3) is 0 Å². The summed E-state index contributed by atoms with van der Waals surface area (Å²) in [6.07, 6.45) is -2.49. The van der Waals surface area contributed by atoms with E-state index < -0.39 is 48.1 Å². The summed E-state index contributed by atoms with van der Waals surface area (Å²) in [5.41, 5.74) is -3.24. The summed E-state index contributed by atoms with van der Waals surface area (Å²) < 4.78 is 4.29. The minimum absolute atomic E-state index is 0. The third-order valence-electron chi connectivity index (χ3n) is 2.61. The Morgan fingerprint density at radius 3 is 2.13 bits per heavy atom. The maximum Gasteiger partial charge on any atom is 1.00 e. The largest absolute Gasteiger partial charge is 1.00 e. The summed E-state index contributed by atoms with van der Waals surface area (Å²) in [4.78, 5) is 44.5. The zero-order valence-electron chi connectivity index (χ0n) is 13.1. The molecule has 10 heteroatoms. The zero-order chi connectivity index (χ0) is 16.9. The number of aromatic hydroxyl groups is 1. The Balaban J connectivity index is 0. The van der Waals surface area contributed by atoms with Crippen LogP contribution in [0.4, 0.5) is 0 Å². The first-order valence-electron chi connectivity index (χ1n) is 5.86. The molecule has 1 atom stereocenters. The molecule has 0 aromatic heterocycles. The number of aliphatic hydroxyl groups is 1. The van der Waals surface area contributed by atoms with E-state index in [9.17, 15) is 29.4 Å². The molecule has 4 N–H and O–H groups in total. The topological polar surface area (TPSA) is 158 Å². The molecule has 0 aliphatic heterocycles. The van der Waals surface area contributed by atoms with Crippen molar-refractivity contribution in [3.63, 3.8) is 0 Å². The predicted octanol–water partition coefficient (Wildman–Crippen LogP) is -3.13. The molecule has 0 heterocycles. The smallest absolute Gasteiger partial charge is 1.00 e. The first-order valence-corrected chi connectivity index (χ1v) is 5.86. The van der Waals surface area contributed by atoms with Crippen LogP contribution in [0.5, 0.6) is 5.75 Å². The maximum absolute atomic E-state index is 11.6. The maximum atomic E-state index is 11.6. The van der Waals surface area contributed by atoms with Gasteiger partial charge in [0.15, 0.2) is 5.60 Å². The number of hydrogen-bond donors (Lipinski definition) is 4. The quantitative estimate of drug-likeness (QED) is 0.239. The zero-order valence-corrected chi connectivity index (χ0v) is 14.1. The molecule has 0 saturated heterocycles. The van der Waals surface area contributed by atoms with Crippen molar-refractivity contribution in [2.24, 2.45) is 0 Å². The molecule has 0 radical (unpaired) electrons. The molecular weight excluding hydrogens is 323 g/mol. The van der Waals surface area contributed by atoms with Crippen molar-refractivity contribution in [1.82, 2.24) is 0 Å². The van der Waals surface area contributed by atoms with E-state index in [1.165, 1.54) is 18.2 Å². The number of carbonyl (C=O) groups excluding carboxylic acids is 2. The molecule has 120 valence electrons. The summed E-state index contributed by atoms with van der Waals surface area (Å²) >= 11 is 0. The van der Waals surface area contributed by atoms with Crippen molar-refractivity contribution in [1.29, 1.82) is 0 Å². The molecule has 0 amide bonds. The van der Waals surface area contributed by atoms with Gasteiger partial charge in [-0.25, -0.2) is 9.59 Å². The van der Waals surface area contributed by atoms with Gasteiger partial charge in [-0.2, -0.15) is 0 Å². The van der Waals surface area contributed by atoms with E-state index in [4.69, 9.17) is 10.2 Å². The van der Waals surface area contributed by atoms with Crippen LogP contribution in [0.3, 0.4) is 0 Å². The van der Waals surface area contributed by atoms with Gasteiger partial charge < -0.3 is 26.6 Å². The fraction of sp³-hybridized carbons (Fsp3) is 0.231. The molecule has 1 aromatic carbocycles. The van der Waals surface area contributed by atoms with Crippen molar-refractivity contribution in [3.05, 3.63) is 29.8 Å². The second kappa shape index (κ2) is 8.63. The Morgan fingerprint density at radius 1 is 1.09 bits per heavy atom. The number of rotatable bonds is 6. The summed E-state index contributed by atoms with van der Waals surface area (Å²) in [6, 6.07) is 5.13. The van der Waals surface area contributed by atoms with Gasteiger partial charge in [0, 0.05) is 0 Å². The minimum Gasteiger partial charge on any atom is -1.00 e. The molecule has 0 aliphatic rings. The van der Waals surface area contributed by atoms with E-state index in [2.05, 4.69) is 4.74 Å². The van der Waals surface area contributed by atoms with Crippen LogP contribution in [0, 0.1) is 0 Å². The van der Waals surface area contributed by atoms with Gasteiger partial charge in [-0.1, -0.05) is 12.1 Å². The van der Waals surface area contributed by atoms with Crippen LogP contribution in [0.1, 0.15) is 24.6 Å². The Hall–Kier alpha value is -1.94. The monoisotopic (exact) mass is 336 g/mol. The van der Waals surface area contributed by atoms with Crippen LogP contribution in [-0.4, -0.2) is 49.9 Å². The fourth-order valence-electron chi connectivity index (χ4n) is 1.54. The number of benzene rings is 1. The van der Waals surface area contributed by atoms with Crippen molar-refractivity contribution in [2.45, 2.75) is 18.4 Å². The van der Waals surface area contributed by atoms with Gasteiger partial charge >= 0.3 is 53.4 Å². The van der Waals surface area contributed by atoms with Gasteiger partial charge in [0.2, 0.25) is 0 Å². The van der Waals surface area contributed by atoms with Crippen LogP contribution >= 0.6 is 0 Å². The van der Waals surface area contributed by atoms with Gasteiger partial charge in [-0.05, 0) is 12.1 Å². The molecule has 0 bridgehead atoms. The van der Waals surface area contributed by atoms with Crippen LogP contribution in [-0.2, 0) is 19.1 Å². The van der Waals surface area contributed by atoms with E-state index in [0.29, 0.717) is 0 Å². The van der Waals surface area contributed by atoms with Gasteiger partial charge in [-0.15, -0.1) is 0 Å². The molecule has 1 unspecified atom stereocenters. The predicted molar refractivity (Wildman–Crippen MR) is 69.1 cm³/mol. The summed E-state index contributed by atoms with van der Waals surface area (Å²) in [5, 5.41) is 36.3. The number of aliphatic carboxylic acids is 2. The van der Waals surface area contributed by atoms with Crippen molar-refractivity contribution in [2.75, 3.05) is 0 Å². The van der Waals surface area contributed by atoms with Crippen LogP contribution in [0.15, 0.2) is 24.3 Å². The number of carboxylic acid groups (broad SMARTS) is 2. The number of carboxylic acids is 2. The van der Waals surface area contributed by atoms with E-state index in [1.54, 1.807) is 0 Å². The van der Waals surface area contributed by atoms with E-state index in [0.717, 1.165) is 6.07 Å². The Bertz CT molecular complexity index is 634. The third-order valence-corrected chi connectivity index (χ3v) is 2.61. The molecule has 1 rings (SSSR count). The second-order valence-electron chi connectivity index (χ2n) is 4.36. The first kappa shape index (κ1) is 21.1. The Kier molecular flexibility index (Phi) is 7.90. The van der Waals surface area contributed by atoms with Gasteiger partial charge in [0.1, 0.15) is 11.3 Å². The molecule has 1 aromatic rings. The van der Waals surface area contributed by atoms with E-state index in [1.807, 2.05) is 0 Å². The number of carbonyl (C=O) groups is 4. The van der Waals surface area contributed by atoms with Crippen LogP contribution in [0.2, 0.25) is 0 Å². The number of ether oxygens (including phenoxy) is 1. The second-order valence-corrected chi connectivity index (χ2v) is 4.36. The first-order chi connectivity index (χ1) is 10.2. The summed E-state index contributed by atoms with van der Waals surface area (Å²) in [7, 11) is 0. The van der Waals surface area contributed by atoms with Crippen LogP contribution in [0.25, 0.3) is 0 Å². The van der Waals surface area contributed by atoms with Crippen LogP contribution < -0.4 is 29.6 Å². The fourth-order valence-corrected chi connectivity index (χ4v) is 1.54. The number of phenolic OH excluding ortho intramolecular Hbond substituents is 1. The Morgan fingerprint density at radius 2 is 1.65 bits per heavy atom. The number of hydrogen-bond acceptors (Lipinski definition) is 7. The van der Waals surface area contributed by atoms with Crippen molar-refractivity contribution in [3.8, 4) is 5.75 Å². The van der Waals surface area contributed by atoms with E-state index >= 15 is 0 Å². The average molecular weight is 336 g/mol. The molecule has 0 aliphatic carbocycles. The molecule has 9 nitrogen and oxygen atoms in total.